The topological polar surface area (TPSA) is 55.2 Å². The van der Waals surface area contributed by atoms with Crippen LogP contribution >= 0.6 is 0 Å². The minimum absolute atomic E-state index is 0.0212. The molecule has 0 saturated heterocycles. The third-order valence-corrected chi connectivity index (χ3v) is 3.27. The highest BCUT2D eigenvalue weighted by Crippen LogP contribution is 2.27. The van der Waals surface area contributed by atoms with Crippen molar-refractivity contribution in [1.82, 2.24) is 0 Å². The second kappa shape index (κ2) is 6.83. The number of non-ortho nitro benzene ring substituents is 1. The first-order valence-corrected chi connectivity index (χ1v) is 6.87. The number of hydrogen-bond donors (Lipinski definition) is 1. The molecule has 0 aromatic heterocycles. The molecule has 0 heterocycles. The van der Waals surface area contributed by atoms with Crippen LogP contribution in [-0.4, -0.2) is 4.92 Å². The van der Waals surface area contributed by atoms with Crippen molar-refractivity contribution in [2.45, 2.75) is 25.8 Å². The van der Waals surface area contributed by atoms with Crippen LogP contribution in [0.15, 0.2) is 48.5 Å². The van der Waals surface area contributed by atoms with E-state index < -0.39 is 10.7 Å². The molecular weight excluding hydrogens is 271 g/mol. The summed E-state index contributed by atoms with van der Waals surface area (Å²) in [5.74, 6) is -0.610. The quantitative estimate of drug-likeness (QED) is 0.620. The van der Waals surface area contributed by atoms with Gasteiger partial charge in [0.05, 0.1) is 22.7 Å². The number of nitrogens with one attached hydrogen (secondary N) is 1. The van der Waals surface area contributed by atoms with Gasteiger partial charge < -0.3 is 5.32 Å². The van der Waals surface area contributed by atoms with Gasteiger partial charge in [-0.1, -0.05) is 43.7 Å². The molecule has 21 heavy (non-hydrogen) atoms. The van der Waals surface area contributed by atoms with Gasteiger partial charge in [-0.3, -0.25) is 10.1 Å². The van der Waals surface area contributed by atoms with Gasteiger partial charge in [0.2, 0.25) is 0 Å². The minimum atomic E-state index is -0.610. The maximum atomic E-state index is 14.0. The lowest BCUT2D eigenvalue weighted by Crippen LogP contribution is -2.11. The predicted molar refractivity (Wildman–Crippen MR) is 80.8 cm³/mol. The molecule has 110 valence electrons. The Morgan fingerprint density at radius 2 is 1.95 bits per heavy atom. The number of nitrogens with zero attached hydrogens (tertiary/aromatic N) is 1. The number of nitro groups is 1. The lowest BCUT2D eigenvalue weighted by atomic mass is 10.0. The van der Waals surface area contributed by atoms with Gasteiger partial charge in [0.15, 0.2) is 5.82 Å². The van der Waals surface area contributed by atoms with Crippen molar-refractivity contribution >= 4 is 11.4 Å². The molecule has 0 saturated carbocycles. The smallest absolute Gasteiger partial charge is 0.272 e. The van der Waals surface area contributed by atoms with Crippen LogP contribution < -0.4 is 5.32 Å². The highest BCUT2D eigenvalue weighted by molar-refractivity contribution is 5.51. The summed E-state index contributed by atoms with van der Waals surface area (Å²) < 4.78 is 14.0. The van der Waals surface area contributed by atoms with Crippen molar-refractivity contribution in [2.24, 2.45) is 0 Å². The van der Waals surface area contributed by atoms with Crippen LogP contribution in [0.4, 0.5) is 15.8 Å². The normalized spacial score (nSPS) is 11.9. The van der Waals surface area contributed by atoms with E-state index in [1.54, 1.807) is 0 Å². The monoisotopic (exact) mass is 288 g/mol. The molecule has 0 fully saturated rings. The molecule has 1 atom stereocenters. The Labute approximate surface area is 122 Å². The number of benzene rings is 2. The Balaban J connectivity index is 2.23. The van der Waals surface area contributed by atoms with Gasteiger partial charge in [0, 0.05) is 6.07 Å². The molecule has 5 heteroatoms. The molecule has 0 aliphatic heterocycles. The van der Waals surface area contributed by atoms with E-state index in [-0.39, 0.29) is 17.4 Å². The summed E-state index contributed by atoms with van der Waals surface area (Å²) in [6.07, 6.45) is 1.79. The van der Waals surface area contributed by atoms with Gasteiger partial charge in [-0.25, -0.2) is 4.39 Å². The van der Waals surface area contributed by atoms with E-state index in [0.29, 0.717) is 0 Å². The maximum Gasteiger partial charge on any atom is 0.272 e. The van der Waals surface area contributed by atoms with Crippen LogP contribution in [0.1, 0.15) is 31.4 Å². The first-order chi connectivity index (χ1) is 10.1. The summed E-state index contributed by atoms with van der Waals surface area (Å²) in [5.41, 5.74) is 1.10. The van der Waals surface area contributed by atoms with Gasteiger partial charge >= 0.3 is 0 Å². The number of anilines is 1. The predicted octanol–water partition coefficient (Wildman–Crippen LogP) is 4.69. The molecule has 1 N–H and O–H groups in total. The molecule has 0 aliphatic rings. The van der Waals surface area contributed by atoms with Crippen LogP contribution in [0.3, 0.4) is 0 Å². The highest BCUT2D eigenvalue weighted by Gasteiger charge is 2.15. The zero-order valence-corrected chi connectivity index (χ0v) is 11.8. The van der Waals surface area contributed by atoms with Crippen LogP contribution in [0, 0.1) is 15.9 Å². The molecule has 4 nitrogen and oxygen atoms in total. The van der Waals surface area contributed by atoms with E-state index >= 15 is 0 Å². The third kappa shape index (κ3) is 3.78. The lowest BCUT2D eigenvalue weighted by Gasteiger charge is -2.20. The van der Waals surface area contributed by atoms with Crippen LogP contribution in [0.5, 0.6) is 0 Å². The van der Waals surface area contributed by atoms with E-state index in [2.05, 4.69) is 12.2 Å². The van der Waals surface area contributed by atoms with Crippen LogP contribution in [0.2, 0.25) is 0 Å². The summed E-state index contributed by atoms with van der Waals surface area (Å²) in [5, 5.41) is 13.8. The molecule has 0 radical (unpaired) electrons. The van der Waals surface area contributed by atoms with E-state index in [0.717, 1.165) is 24.5 Å². The molecule has 2 rings (SSSR count). The summed E-state index contributed by atoms with van der Waals surface area (Å²) in [7, 11) is 0. The average molecular weight is 288 g/mol. The van der Waals surface area contributed by atoms with Gasteiger partial charge in [0.25, 0.3) is 5.69 Å². The molecule has 0 spiro atoms. The van der Waals surface area contributed by atoms with Crippen molar-refractivity contribution in [3.8, 4) is 0 Å². The zero-order chi connectivity index (χ0) is 15.2. The van der Waals surface area contributed by atoms with E-state index in [4.69, 9.17) is 0 Å². The summed E-state index contributed by atoms with van der Waals surface area (Å²) >= 11 is 0. The van der Waals surface area contributed by atoms with Gasteiger partial charge in [-0.2, -0.15) is 0 Å². The van der Waals surface area contributed by atoms with E-state index in [1.165, 1.54) is 12.1 Å². The largest absolute Gasteiger partial charge is 0.376 e. The zero-order valence-electron chi connectivity index (χ0n) is 11.8. The van der Waals surface area contributed by atoms with Gasteiger partial charge in [-0.05, 0) is 18.1 Å². The number of hydrogen-bond acceptors (Lipinski definition) is 3. The fourth-order valence-electron chi connectivity index (χ4n) is 2.22. The maximum absolute atomic E-state index is 14.0. The summed E-state index contributed by atoms with van der Waals surface area (Å²) in [6, 6.07) is 13.4. The van der Waals surface area contributed by atoms with Crippen LogP contribution in [0.25, 0.3) is 0 Å². The summed E-state index contributed by atoms with van der Waals surface area (Å²) in [4.78, 5) is 10.0. The van der Waals surface area contributed by atoms with Gasteiger partial charge in [0.1, 0.15) is 0 Å². The van der Waals surface area contributed by atoms with Gasteiger partial charge in [-0.15, -0.1) is 0 Å². The summed E-state index contributed by atoms with van der Waals surface area (Å²) in [6.45, 7) is 2.06. The Hall–Kier alpha value is -2.43. The van der Waals surface area contributed by atoms with Crippen molar-refractivity contribution in [3.63, 3.8) is 0 Å². The lowest BCUT2D eigenvalue weighted by molar-refractivity contribution is -0.385. The standard InChI is InChI=1S/C16H17FN2O2/c1-2-6-15(12-7-4-3-5-8-12)18-16-10-9-13(19(20)21)11-14(16)17/h3-5,7-11,15,18H,2,6H2,1H3. The number of halogens is 1. The average Bonchev–Trinajstić information content (AvgIpc) is 2.49. The molecule has 0 amide bonds. The molecule has 1 unspecified atom stereocenters. The minimum Gasteiger partial charge on any atom is -0.376 e. The van der Waals surface area contributed by atoms with Crippen molar-refractivity contribution in [2.75, 3.05) is 5.32 Å². The van der Waals surface area contributed by atoms with E-state index in [1.807, 2.05) is 30.3 Å². The first-order valence-electron chi connectivity index (χ1n) is 6.87. The molecular formula is C16H17FN2O2. The Bertz CT molecular complexity index is 617. The Morgan fingerprint density at radius 1 is 1.24 bits per heavy atom. The number of rotatable bonds is 6. The van der Waals surface area contributed by atoms with E-state index in [9.17, 15) is 14.5 Å². The Kier molecular flexibility index (Phi) is 4.87. The number of nitro benzene ring substituents is 1. The van der Waals surface area contributed by atoms with Crippen molar-refractivity contribution < 1.29 is 9.31 Å². The second-order valence-electron chi connectivity index (χ2n) is 4.82. The SMILES string of the molecule is CCCC(Nc1ccc([N+](=O)[O-])cc1F)c1ccccc1. The van der Waals surface area contributed by atoms with Crippen LogP contribution in [-0.2, 0) is 0 Å². The Morgan fingerprint density at radius 3 is 2.52 bits per heavy atom. The third-order valence-electron chi connectivity index (χ3n) is 3.27. The molecule has 0 bridgehead atoms. The fourth-order valence-corrected chi connectivity index (χ4v) is 2.22. The highest BCUT2D eigenvalue weighted by atomic mass is 19.1. The van der Waals surface area contributed by atoms with Crippen molar-refractivity contribution in [3.05, 3.63) is 70.0 Å². The fraction of sp³-hybridized carbons (Fsp3) is 0.250. The molecule has 2 aromatic carbocycles. The molecule has 2 aromatic rings. The van der Waals surface area contributed by atoms with Crippen molar-refractivity contribution in [1.29, 1.82) is 0 Å². The first kappa shape index (κ1) is 15.0. The molecule has 0 aliphatic carbocycles. The second-order valence-corrected chi connectivity index (χ2v) is 4.82.